The summed E-state index contributed by atoms with van der Waals surface area (Å²) in [6.45, 7) is 0. The number of amides is 2. The fraction of sp³-hybridized carbons (Fsp3) is 0.105. The highest BCUT2D eigenvalue weighted by molar-refractivity contribution is 8.14. The fourth-order valence-electron chi connectivity index (χ4n) is 2.47. The number of nitrogens with two attached hydrogens (primary N) is 1. The number of primary amides is 1. The van der Waals surface area contributed by atoms with Gasteiger partial charge >= 0.3 is 0 Å². The lowest BCUT2D eigenvalue weighted by molar-refractivity contribution is -0.115. The van der Waals surface area contributed by atoms with Gasteiger partial charge in [0.15, 0.2) is 5.17 Å². The monoisotopic (exact) mass is 367 g/mol. The zero-order valence-electron chi connectivity index (χ0n) is 14.1. The van der Waals surface area contributed by atoms with Crippen molar-refractivity contribution in [3.63, 3.8) is 0 Å². The Balaban J connectivity index is 2.00. The summed E-state index contributed by atoms with van der Waals surface area (Å²) >= 11 is 1.13. The van der Waals surface area contributed by atoms with E-state index in [9.17, 15) is 9.59 Å². The minimum absolute atomic E-state index is 0.0391. The Morgan fingerprint density at radius 3 is 2.58 bits per heavy atom. The summed E-state index contributed by atoms with van der Waals surface area (Å²) in [7, 11) is 1.57. The SMILES string of the molecule is COc1ccccc1C=C1N=C(SCC(N)=O)N(c2ccccc2)C1=O. The lowest BCUT2D eigenvalue weighted by Gasteiger charge is -2.17. The molecule has 1 aliphatic heterocycles. The second-order valence-electron chi connectivity index (χ2n) is 5.40. The third kappa shape index (κ3) is 3.78. The van der Waals surface area contributed by atoms with Gasteiger partial charge in [0.25, 0.3) is 5.91 Å². The Morgan fingerprint density at radius 1 is 1.19 bits per heavy atom. The van der Waals surface area contributed by atoms with Crippen LogP contribution >= 0.6 is 11.8 Å². The fourth-order valence-corrected chi connectivity index (χ4v) is 3.22. The standard InChI is InChI=1S/C19H17N3O3S/c1-25-16-10-6-5-7-13(16)11-15-18(24)22(14-8-3-2-4-9-14)19(21-15)26-12-17(20)23/h2-11H,12H2,1H3,(H2,20,23). The van der Waals surface area contributed by atoms with Crippen LogP contribution in [0.25, 0.3) is 6.08 Å². The minimum Gasteiger partial charge on any atom is -0.496 e. The number of hydrogen-bond acceptors (Lipinski definition) is 5. The van der Waals surface area contributed by atoms with Crippen LogP contribution < -0.4 is 15.4 Å². The Kier molecular flexibility index (Phi) is 5.38. The van der Waals surface area contributed by atoms with E-state index in [0.717, 1.165) is 17.3 Å². The Bertz CT molecular complexity index is 894. The van der Waals surface area contributed by atoms with Gasteiger partial charge in [-0.3, -0.25) is 14.5 Å². The van der Waals surface area contributed by atoms with Gasteiger partial charge in [-0.1, -0.05) is 48.2 Å². The number of carbonyl (C=O) groups excluding carboxylic acids is 2. The molecule has 2 N–H and O–H groups in total. The van der Waals surface area contributed by atoms with E-state index in [2.05, 4.69) is 4.99 Å². The number of carbonyl (C=O) groups is 2. The van der Waals surface area contributed by atoms with E-state index in [-0.39, 0.29) is 17.4 Å². The van der Waals surface area contributed by atoms with Crippen molar-refractivity contribution in [3.05, 3.63) is 65.9 Å². The van der Waals surface area contributed by atoms with Crippen molar-refractivity contribution < 1.29 is 14.3 Å². The van der Waals surface area contributed by atoms with Crippen molar-refractivity contribution in [2.75, 3.05) is 17.8 Å². The molecule has 2 aromatic carbocycles. The van der Waals surface area contributed by atoms with Crippen molar-refractivity contribution >= 4 is 40.5 Å². The lowest BCUT2D eigenvalue weighted by Crippen LogP contribution is -2.31. The van der Waals surface area contributed by atoms with Crippen LogP contribution in [-0.2, 0) is 9.59 Å². The van der Waals surface area contributed by atoms with Gasteiger partial charge in [-0.25, -0.2) is 4.99 Å². The number of nitrogens with zero attached hydrogens (tertiary/aromatic N) is 2. The number of rotatable bonds is 5. The molecule has 3 rings (SSSR count). The van der Waals surface area contributed by atoms with Crippen molar-refractivity contribution in [1.29, 1.82) is 0 Å². The minimum atomic E-state index is -0.472. The molecule has 26 heavy (non-hydrogen) atoms. The van der Waals surface area contributed by atoms with Crippen molar-refractivity contribution in [2.45, 2.75) is 0 Å². The first-order valence-corrected chi connectivity index (χ1v) is 8.82. The Labute approximate surface area is 155 Å². The van der Waals surface area contributed by atoms with Gasteiger partial charge in [-0.15, -0.1) is 0 Å². The first-order chi connectivity index (χ1) is 12.6. The highest BCUT2D eigenvalue weighted by Crippen LogP contribution is 2.30. The molecule has 0 bridgehead atoms. The molecule has 6 nitrogen and oxygen atoms in total. The summed E-state index contributed by atoms with van der Waals surface area (Å²) in [5.74, 6) is -0.0564. The number of thioether (sulfide) groups is 1. The average Bonchev–Trinajstić information content (AvgIpc) is 2.96. The molecular weight excluding hydrogens is 350 g/mol. The van der Waals surface area contributed by atoms with E-state index in [0.29, 0.717) is 16.6 Å². The first kappa shape index (κ1) is 17.8. The third-order valence-corrected chi connectivity index (χ3v) is 4.58. The quantitative estimate of drug-likeness (QED) is 0.824. The molecule has 1 heterocycles. The normalized spacial score (nSPS) is 15.3. The predicted molar refractivity (Wildman–Crippen MR) is 104 cm³/mol. The molecule has 0 fully saturated rings. The zero-order chi connectivity index (χ0) is 18.5. The smallest absolute Gasteiger partial charge is 0.283 e. The van der Waals surface area contributed by atoms with E-state index in [4.69, 9.17) is 10.5 Å². The molecule has 0 spiro atoms. The summed E-state index contributed by atoms with van der Waals surface area (Å²) in [6, 6.07) is 16.5. The van der Waals surface area contributed by atoms with Crippen molar-refractivity contribution in [2.24, 2.45) is 10.7 Å². The van der Waals surface area contributed by atoms with Gasteiger partial charge in [0.2, 0.25) is 5.91 Å². The maximum Gasteiger partial charge on any atom is 0.283 e. The van der Waals surface area contributed by atoms with Crippen molar-refractivity contribution in [1.82, 2.24) is 0 Å². The van der Waals surface area contributed by atoms with Crippen molar-refractivity contribution in [3.8, 4) is 5.75 Å². The maximum absolute atomic E-state index is 12.9. The zero-order valence-corrected chi connectivity index (χ0v) is 14.9. The van der Waals surface area contributed by atoms with Crippen LogP contribution in [0.3, 0.4) is 0 Å². The number of ether oxygens (including phenoxy) is 1. The summed E-state index contributed by atoms with van der Waals surface area (Å²) in [6.07, 6.45) is 1.68. The van der Waals surface area contributed by atoms with E-state index in [1.807, 2.05) is 54.6 Å². The molecule has 0 radical (unpaired) electrons. The van der Waals surface area contributed by atoms with Gasteiger partial charge in [-0.05, 0) is 24.3 Å². The largest absolute Gasteiger partial charge is 0.496 e. The van der Waals surface area contributed by atoms with Crippen LogP contribution in [0.2, 0.25) is 0 Å². The van der Waals surface area contributed by atoms with Crippen LogP contribution in [0.1, 0.15) is 5.56 Å². The molecule has 0 aromatic heterocycles. The summed E-state index contributed by atoms with van der Waals surface area (Å²) in [5.41, 5.74) is 6.93. The number of benzene rings is 2. The van der Waals surface area contributed by atoms with Gasteiger partial charge in [0, 0.05) is 5.56 Å². The molecule has 0 saturated heterocycles. The number of methoxy groups -OCH3 is 1. The highest BCUT2D eigenvalue weighted by Gasteiger charge is 2.32. The van der Waals surface area contributed by atoms with Crippen LogP contribution in [0.5, 0.6) is 5.75 Å². The molecule has 0 aliphatic carbocycles. The second kappa shape index (κ2) is 7.88. The van der Waals surface area contributed by atoms with Crippen LogP contribution in [-0.4, -0.2) is 29.8 Å². The molecule has 0 saturated carbocycles. The Hall–Kier alpha value is -3.06. The van der Waals surface area contributed by atoms with Gasteiger partial charge < -0.3 is 10.5 Å². The predicted octanol–water partition coefficient (Wildman–Crippen LogP) is 2.66. The molecule has 2 amide bonds. The van der Waals surface area contributed by atoms with E-state index in [1.165, 1.54) is 4.90 Å². The molecule has 7 heteroatoms. The summed E-state index contributed by atoms with van der Waals surface area (Å²) in [5, 5.41) is 0.418. The average molecular weight is 367 g/mol. The number of aliphatic imine (C=N–C) groups is 1. The number of hydrogen-bond donors (Lipinski definition) is 1. The molecule has 132 valence electrons. The van der Waals surface area contributed by atoms with E-state index >= 15 is 0 Å². The highest BCUT2D eigenvalue weighted by atomic mass is 32.2. The van der Waals surface area contributed by atoms with Gasteiger partial charge in [0.05, 0.1) is 18.6 Å². The van der Waals surface area contributed by atoms with Crippen LogP contribution in [0.4, 0.5) is 5.69 Å². The first-order valence-electron chi connectivity index (χ1n) is 7.84. The molecular formula is C19H17N3O3S. The van der Waals surface area contributed by atoms with Gasteiger partial charge in [0.1, 0.15) is 11.4 Å². The van der Waals surface area contributed by atoms with E-state index in [1.54, 1.807) is 13.2 Å². The lowest BCUT2D eigenvalue weighted by atomic mass is 10.1. The summed E-state index contributed by atoms with van der Waals surface area (Å²) < 4.78 is 5.32. The van der Waals surface area contributed by atoms with Crippen LogP contribution in [0.15, 0.2) is 65.3 Å². The summed E-state index contributed by atoms with van der Waals surface area (Å²) in [4.78, 5) is 30.0. The number of anilines is 1. The molecule has 0 unspecified atom stereocenters. The topological polar surface area (TPSA) is 85.0 Å². The van der Waals surface area contributed by atoms with E-state index < -0.39 is 5.91 Å². The molecule has 0 atom stereocenters. The number of amidine groups is 1. The maximum atomic E-state index is 12.9. The van der Waals surface area contributed by atoms with Gasteiger partial charge in [-0.2, -0.15) is 0 Å². The molecule has 2 aromatic rings. The number of para-hydroxylation sites is 2. The molecule has 1 aliphatic rings. The van der Waals surface area contributed by atoms with Crippen LogP contribution in [0, 0.1) is 0 Å². The Morgan fingerprint density at radius 2 is 1.88 bits per heavy atom. The second-order valence-corrected chi connectivity index (χ2v) is 6.34. The third-order valence-electron chi connectivity index (χ3n) is 3.62.